The molecule has 2 heteroatoms. The molecule has 0 aliphatic carbocycles. The summed E-state index contributed by atoms with van der Waals surface area (Å²) in [5.41, 5.74) is -0.188. The summed E-state index contributed by atoms with van der Waals surface area (Å²) in [5, 5.41) is 2.94. The molecule has 0 aliphatic rings. The van der Waals surface area contributed by atoms with Crippen LogP contribution in [0.15, 0.2) is 0 Å². The second kappa shape index (κ2) is 6.05. The molecule has 0 aromatic rings. The van der Waals surface area contributed by atoms with Crippen molar-refractivity contribution in [1.82, 2.24) is 5.32 Å². The number of hydrogen-bond donors (Lipinski definition) is 1. The molecule has 2 nitrogen and oxygen atoms in total. The molecule has 0 bridgehead atoms. The van der Waals surface area contributed by atoms with Crippen molar-refractivity contribution in [1.29, 1.82) is 0 Å². The Morgan fingerprint density at radius 2 is 1.93 bits per heavy atom. The van der Waals surface area contributed by atoms with E-state index >= 15 is 0 Å². The largest absolute Gasteiger partial charge is 0.356 e. The number of rotatable bonds is 6. The summed E-state index contributed by atoms with van der Waals surface area (Å²) < 4.78 is 0. The molecule has 1 atom stereocenters. The molecule has 1 unspecified atom stereocenters. The third-order valence-corrected chi connectivity index (χ3v) is 3.18. The first-order chi connectivity index (χ1) is 6.49. The molecular weight excluding hydrogens is 174 g/mol. The maximum atomic E-state index is 11.9. The van der Waals surface area contributed by atoms with Gasteiger partial charge < -0.3 is 5.32 Å². The van der Waals surface area contributed by atoms with Crippen molar-refractivity contribution in [2.75, 3.05) is 6.54 Å². The maximum absolute atomic E-state index is 11.9. The van der Waals surface area contributed by atoms with Crippen molar-refractivity contribution in [3.05, 3.63) is 0 Å². The van der Waals surface area contributed by atoms with Crippen molar-refractivity contribution >= 4 is 5.91 Å². The van der Waals surface area contributed by atoms with E-state index in [2.05, 4.69) is 33.0 Å². The van der Waals surface area contributed by atoms with Crippen molar-refractivity contribution in [2.45, 2.75) is 53.9 Å². The van der Waals surface area contributed by atoms with Crippen LogP contribution in [-0.4, -0.2) is 12.5 Å². The van der Waals surface area contributed by atoms with Crippen LogP contribution in [0.5, 0.6) is 0 Å². The third-order valence-electron chi connectivity index (χ3n) is 3.18. The Kier molecular flexibility index (Phi) is 5.82. The molecule has 0 fully saturated rings. The van der Waals surface area contributed by atoms with Crippen LogP contribution in [0, 0.1) is 11.3 Å². The van der Waals surface area contributed by atoms with Gasteiger partial charge in [-0.2, -0.15) is 0 Å². The van der Waals surface area contributed by atoms with Gasteiger partial charge in [0.25, 0.3) is 0 Å². The molecule has 0 saturated carbocycles. The van der Waals surface area contributed by atoms with E-state index in [0.29, 0.717) is 5.92 Å². The summed E-state index contributed by atoms with van der Waals surface area (Å²) >= 11 is 0. The first kappa shape index (κ1) is 13.5. The summed E-state index contributed by atoms with van der Waals surface area (Å²) in [6, 6.07) is 0. The van der Waals surface area contributed by atoms with Gasteiger partial charge in [0.1, 0.15) is 0 Å². The van der Waals surface area contributed by atoms with Crippen LogP contribution in [0.1, 0.15) is 53.9 Å². The number of carbonyl (C=O) groups is 1. The molecule has 1 amide bonds. The lowest BCUT2D eigenvalue weighted by Crippen LogP contribution is -2.42. The van der Waals surface area contributed by atoms with Gasteiger partial charge in [-0.25, -0.2) is 0 Å². The standard InChI is InChI=1S/C12H25NO/c1-6-8-9-12(5,10(3)4)11(14)13-7-2/h10H,6-9H2,1-5H3,(H,13,14). The van der Waals surface area contributed by atoms with Crippen LogP contribution in [0.2, 0.25) is 0 Å². The Balaban J connectivity index is 4.45. The molecular formula is C12H25NO. The maximum Gasteiger partial charge on any atom is 0.226 e. The highest BCUT2D eigenvalue weighted by molar-refractivity contribution is 5.82. The Morgan fingerprint density at radius 1 is 1.36 bits per heavy atom. The fourth-order valence-electron chi connectivity index (χ4n) is 1.57. The van der Waals surface area contributed by atoms with Crippen molar-refractivity contribution < 1.29 is 4.79 Å². The fraction of sp³-hybridized carbons (Fsp3) is 0.917. The minimum atomic E-state index is -0.188. The van der Waals surface area contributed by atoms with Crippen molar-refractivity contribution in [3.63, 3.8) is 0 Å². The van der Waals surface area contributed by atoms with Crippen molar-refractivity contribution in [3.8, 4) is 0 Å². The van der Waals surface area contributed by atoms with Crippen LogP contribution in [0.25, 0.3) is 0 Å². The predicted octanol–water partition coefficient (Wildman–Crippen LogP) is 2.98. The zero-order valence-electron chi connectivity index (χ0n) is 10.3. The van der Waals surface area contributed by atoms with Gasteiger partial charge in [-0.05, 0) is 19.3 Å². The van der Waals surface area contributed by atoms with Gasteiger partial charge >= 0.3 is 0 Å². The fourth-order valence-corrected chi connectivity index (χ4v) is 1.57. The summed E-state index contributed by atoms with van der Waals surface area (Å²) in [7, 11) is 0. The molecule has 0 aromatic carbocycles. The molecule has 0 saturated heterocycles. The first-order valence-electron chi connectivity index (χ1n) is 5.77. The molecule has 0 rings (SSSR count). The second-order valence-electron chi connectivity index (χ2n) is 4.54. The molecule has 84 valence electrons. The molecule has 0 spiro atoms. The molecule has 0 heterocycles. The van der Waals surface area contributed by atoms with E-state index < -0.39 is 0 Å². The lowest BCUT2D eigenvalue weighted by molar-refractivity contribution is -0.133. The minimum Gasteiger partial charge on any atom is -0.356 e. The van der Waals surface area contributed by atoms with E-state index in [-0.39, 0.29) is 11.3 Å². The van der Waals surface area contributed by atoms with Gasteiger partial charge in [0, 0.05) is 12.0 Å². The number of carbonyl (C=O) groups excluding carboxylic acids is 1. The number of amides is 1. The van der Waals surface area contributed by atoms with E-state index in [1.54, 1.807) is 0 Å². The van der Waals surface area contributed by atoms with E-state index in [0.717, 1.165) is 25.8 Å². The van der Waals surface area contributed by atoms with Gasteiger partial charge in [-0.3, -0.25) is 4.79 Å². The molecule has 1 N–H and O–H groups in total. The highest BCUT2D eigenvalue weighted by atomic mass is 16.2. The lowest BCUT2D eigenvalue weighted by atomic mass is 9.74. The van der Waals surface area contributed by atoms with Gasteiger partial charge in [0.15, 0.2) is 0 Å². The van der Waals surface area contributed by atoms with E-state index in [1.165, 1.54) is 0 Å². The Morgan fingerprint density at radius 3 is 2.29 bits per heavy atom. The zero-order chi connectivity index (χ0) is 11.2. The van der Waals surface area contributed by atoms with Gasteiger partial charge in [0.05, 0.1) is 0 Å². The lowest BCUT2D eigenvalue weighted by Gasteiger charge is -2.32. The normalized spacial score (nSPS) is 15.3. The Bertz CT molecular complexity index is 177. The van der Waals surface area contributed by atoms with Crippen LogP contribution >= 0.6 is 0 Å². The second-order valence-corrected chi connectivity index (χ2v) is 4.54. The van der Waals surface area contributed by atoms with Gasteiger partial charge in [0.2, 0.25) is 5.91 Å². The highest BCUT2D eigenvalue weighted by Crippen LogP contribution is 2.33. The summed E-state index contributed by atoms with van der Waals surface area (Å²) in [6.45, 7) is 11.2. The zero-order valence-corrected chi connectivity index (χ0v) is 10.3. The van der Waals surface area contributed by atoms with Crippen LogP contribution in [0.4, 0.5) is 0 Å². The topological polar surface area (TPSA) is 29.1 Å². The number of nitrogens with one attached hydrogen (secondary N) is 1. The predicted molar refractivity (Wildman–Crippen MR) is 61.2 cm³/mol. The summed E-state index contributed by atoms with van der Waals surface area (Å²) in [5.74, 6) is 0.615. The van der Waals surface area contributed by atoms with E-state index in [4.69, 9.17) is 0 Å². The number of hydrogen-bond acceptors (Lipinski definition) is 1. The minimum absolute atomic E-state index is 0.188. The first-order valence-corrected chi connectivity index (χ1v) is 5.77. The third kappa shape index (κ3) is 3.32. The van der Waals surface area contributed by atoms with E-state index in [9.17, 15) is 4.79 Å². The Hall–Kier alpha value is -0.530. The molecule has 14 heavy (non-hydrogen) atoms. The van der Waals surface area contributed by atoms with Crippen LogP contribution in [-0.2, 0) is 4.79 Å². The van der Waals surface area contributed by atoms with Gasteiger partial charge in [-0.1, -0.05) is 40.5 Å². The van der Waals surface area contributed by atoms with Crippen LogP contribution < -0.4 is 5.32 Å². The van der Waals surface area contributed by atoms with Crippen molar-refractivity contribution in [2.24, 2.45) is 11.3 Å². The highest BCUT2D eigenvalue weighted by Gasteiger charge is 2.35. The average molecular weight is 199 g/mol. The molecule has 0 aromatic heterocycles. The monoisotopic (exact) mass is 199 g/mol. The average Bonchev–Trinajstić information content (AvgIpc) is 2.14. The van der Waals surface area contributed by atoms with Gasteiger partial charge in [-0.15, -0.1) is 0 Å². The molecule has 0 radical (unpaired) electrons. The Labute approximate surface area is 88.5 Å². The summed E-state index contributed by atoms with van der Waals surface area (Å²) in [6.07, 6.45) is 3.28. The van der Waals surface area contributed by atoms with Crippen LogP contribution in [0.3, 0.4) is 0 Å². The number of unbranched alkanes of at least 4 members (excludes halogenated alkanes) is 1. The summed E-state index contributed by atoms with van der Waals surface area (Å²) in [4.78, 5) is 11.9. The smallest absolute Gasteiger partial charge is 0.226 e. The molecule has 0 aliphatic heterocycles. The quantitative estimate of drug-likeness (QED) is 0.700. The van der Waals surface area contributed by atoms with E-state index in [1.807, 2.05) is 6.92 Å². The SMILES string of the molecule is CCCCC(C)(C(=O)NCC)C(C)C.